The second-order valence-corrected chi connectivity index (χ2v) is 4.57. The quantitative estimate of drug-likeness (QED) is 0.815. The predicted molar refractivity (Wildman–Crippen MR) is 66.0 cm³/mol. The van der Waals surface area contributed by atoms with Crippen molar-refractivity contribution in [3.63, 3.8) is 0 Å². The number of rotatable bonds is 6. The van der Waals surface area contributed by atoms with Crippen molar-refractivity contribution in [3.05, 3.63) is 34.1 Å². The zero-order valence-electron chi connectivity index (χ0n) is 9.22. The molecule has 4 heteroatoms. The molecule has 0 radical (unpaired) electrons. The van der Waals surface area contributed by atoms with E-state index in [1.165, 1.54) is 6.07 Å². The van der Waals surface area contributed by atoms with Crippen molar-refractivity contribution < 1.29 is 9.18 Å². The summed E-state index contributed by atoms with van der Waals surface area (Å²) in [5.41, 5.74) is 0.470. The summed E-state index contributed by atoms with van der Waals surface area (Å²) in [5, 5.41) is 2.97. The number of benzene rings is 1. The van der Waals surface area contributed by atoms with E-state index in [4.69, 9.17) is 0 Å². The number of carbonyl (C=O) groups excluding carboxylic acids is 1. The Hall–Kier alpha value is -0.740. The van der Waals surface area contributed by atoms with Gasteiger partial charge < -0.3 is 5.32 Å². The summed E-state index contributed by atoms with van der Waals surface area (Å²) in [5.74, 6) is -0.243. The normalized spacial score (nSPS) is 10.4. The van der Waals surface area contributed by atoms with Gasteiger partial charge in [-0.2, -0.15) is 0 Å². The van der Waals surface area contributed by atoms with Crippen molar-refractivity contribution in [1.29, 1.82) is 0 Å². The Kier molecular flexibility index (Phi) is 5.63. The van der Waals surface area contributed by atoms with E-state index in [0.29, 0.717) is 16.5 Å². The van der Waals surface area contributed by atoms with Gasteiger partial charge in [0, 0.05) is 17.3 Å². The molecule has 0 unspecified atom stereocenters. The van der Waals surface area contributed by atoms with Crippen LogP contribution in [0, 0.1) is 5.82 Å². The topological polar surface area (TPSA) is 29.1 Å². The Morgan fingerprint density at radius 1 is 1.50 bits per heavy atom. The van der Waals surface area contributed by atoms with Crippen molar-refractivity contribution in [2.24, 2.45) is 0 Å². The fourth-order valence-corrected chi connectivity index (χ4v) is 1.76. The van der Waals surface area contributed by atoms with Crippen molar-refractivity contribution in [3.8, 4) is 0 Å². The average Bonchev–Trinajstić information content (AvgIpc) is 2.23. The third-order valence-electron chi connectivity index (χ3n) is 2.29. The third kappa shape index (κ3) is 4.41. The van der Waals surface area contributed by atoms with Crippen LogP contribution in [-0.4, -0.2) is 19.4 Å². The van der Waals surface area contributed by atoms with Gasteiger partial charge >= 0.3 is 0 Å². The first-order chi connectivity index (χ1) is 7.63. The summed E-state index contributed by atoms with van der Waals surface area (Å²) in [7, 11) is 1.85. The van der Waals surface area contributed by atoms with E-state index in [0.717, 1.165) is 13.0 Å². The van der Waals surface area contributed by atoms with Crippen LogP contribution < -0.4 is 5.32 Å². The Labute approximate surface area is 103 Å². The number of ketones is 1. The van der Waals surface area contributed by atoms with E-state index in [-0.39, 0.29) is 18.0 Å². The minimum atomic E-state index is -0.323. The first-order valence-corrected chi connectivity index (χ1v) is 6.03. The maximum absolute atomic E-state index is 13.4. The molecule has 16 heavy (non-hydrogen) atoms. The van der Waals surface area contributed by atoms with E-state index in [9.17, 15) is 9.18 Å². The molecule has 0 aliphatic heterocycles. The number of halogens is 2. The highest BCUT2D eigenvalue weighted by molar-refractivity contribution is 9.10. The van der Waals surface area contributed by atoms with Gasteiger partial charge in [-0.1, -0.05) is 22.0 Å². The molecule has 0 saturated carbocycles. The summed E-state index contributed by atoms with van der Waals surface area (Å²) in [6.07, 6.45) is 1.48. The van der Waals surface area contributed by atoms with Crippen LogP contribution in [0.2, 0.25) is 0 Å². The molecule has 0 amide bonds. The Morgan fingerprint density at radius 2 is 2.25 bits per heavy atom. The zero-order chi connectivity index (χ0) is 12.0. The minimum Gasteiger partial charge on any atom is -0.320 e. The van der Waals surface area contributed by atoms with E-state index in [1.54, 1.807) is 12.1 Å². The van der Waals surface area contributed by atoms with E-state index in [2.05, 4.69) is 21.2 Å². The van der Waals surface area contributed by atoms with Gasteiger partial charge in [0.25, 0.3) is 0 Å². The molecule has 2 nitrogen and oxygen atoms in total. The summed E-state index contributed by atoms with van der Waals surface area (Å²) in [4.78, 5) is 11.5. The highest BCUT2D eigenvalue weighted by atomic mass is 79.9. The molecule has 0 heterocycles. The minimum absolute atomic E-state index is 0.0801. The number of carbonyl (C=O) groups is 1. The SMILES string of the molecule is CNCCCC(=O)Cc1ccc(Br)cc1F. The molecule has 0 aliphatic carbocycles. The molecule has 0 bridgehead atoms. The van der Waals surface area contributed by atoms with Gasteiger partial charge in [-0.3, -0.25) is 4.79 Å². The molecule has 0 saturated heterocycles. The van der Waals surface area contributed by atoms with Crippen LogP contribution in [0.1, 0.15) is 18.4 Å². The van der Waals surface area contributed by atoms with E-state index < -0.39 is 0 Å². The van der Waals surface area contributed by atoms with E-state index in [1.807, 2.05) is 7.05 Å². The second kappa shape index (κ2) is 6.76. The molecule has 0 aliphatic rings. The predicted octanol–water partition coefficient (Wildman–Crippen LogP) is 2.70. The smallest absolute Gasteiger partial charge is 0.137 e. The standard InChI is InChI=1S/C12H15BrFNO/c1-15-6-2-3-11(16)7-9-4-5-10(13)8-12(9)14/h4-5,8,15H,2-3,6-7H2,1H3. The van der Waals surface area contributed by atoms with Crippen LogP contribution in [0.25, 0.3) is 0 Å². The molecule has 0 atom stereocenters. The summed E-state index contributed by atoms with van der Waals surface area (Å²) < 4.78 is 14.1. The van der Waals surface area contributed by atoms with Gasteiger partial charge in [0.05, 0.1) is 0 Å². The van der Waals surface area contributed by atoms with Crippen molar-refractivity contribution in [2.45, 2.75) is 19.3 Å². The maximum Gasteiger partial charge on any atom is 0.137 e. The number of hydrogen-bond donors (Lipinski definition) is 1. The second-order valence-electron chi connectivity index (χ2n) is 3.66. The molecular formula is C12H15BrFNO. The lowest BCUT2D eigenvalue weighted by Gasteiger charge is -2.03. The zero-order valence-corrected chi connectivity index (χ0v) is 10.8. The molecule has 88 valence electrons. The fourth-order valence-electron chi connectivity index (χ4n) is 1.43. The first kappa shape index (κ1) is 13.3. The molecule has 0 fully saturated rings. The monoisotopic (exact) mass is 287 g/mol. The third-order valence-corrected chi connectivity index (χ3v) is 2.78. The summed E-state index contributed by atoms with van der Waals surface area (Å²) in [6, 6.07) is 4.78. The lowest BCUT2D eigenvalue weighted by molar-refractivity contribution is -0.118. The highest BCUT2D eigenvalue weighted by Gasteiger charge is 2.08. The first-order valence-electron chi connectivity index (χ1n) is 5.23. The molecular weight excluding hydrogens is 273 g/mol. The Morgan fingerprint density at radius 3 is 2.88 bits per heavy atom. The number of nitrogens with one attached hydrogen (secondary N) is 1. The average molecular weight is 288 g/mol. The van der Waals surface area contributed by atoms with Gasteiger partial charge in [0.1, 0.15) is 11.6 Å². The van der Waals surface area contributed by atoms with Gasteiger partial charge in [-0.15, -0.1) is 0 Å². The van der Waals surface area contributed by atoms with Gasteiger partial charge in [0.15, 0.2) is 0 Å². The lowest BCUT2D eigenvalue weighted by Crippen LogP contribution is -2.11. The van der Waals surface area contributed by atoms with Crippen LogP contribution in [0.5, 0.6) is 0 Å². The summed E-state index contributed by atoms with van der Waals surface area (Å²) >= 11 is 3.18. The number of hydrogen-bond acceptors (Lipinski definition) is 2. The van der Waals surface area contributed by atoms with Crippen molar-refractivity contribution in [2.75, 3.05) is 13.6 Å². The maximum atomic E-state index is 13.4. The van der Waals surface area contributed by atoms with E-state index >= 15 is 0 Å². The van der Waals surface area contributed by atoms with Gasteiger partial charge in [0.2, 0.25) is 0 Å². The van der Waals surface area contributed by atoms with Crippen LogP contribution in [0.15, 0.2) is 22.7 Å². The van der Waals surface area contributed by atoms with Crippen LogP contribution >= 0.6 is 15.9 Å². The molecule has 0 aromatic heterocycles. The largest absolute Gasteiger partial charge is 0.320 e. The van der Waals surface area contributed by atoms with Crippen LogP contribution in [-0.2, 0) is 11.2 Å². The highest BCUT2D eigenvalue weighted by Crippen LogP contribution is 2.16. The lowest BCUT2D eigenvalue weighted by atomic mass is 10.1. The molecule has 1 rings (SSSR count). The molecule has 0 spiro atoms. The summed E-state index contributed by atoms with van der Waals surface area (Å²) in [6.45, 7) is 0.814. The number of Topliss-reactive ketones (excluding diaryl/α,β-unsaturated/α-hetero) is 1. The van der Waals surface area contributed by atoms with Crippen LogP contribution in [0.3, 0.4) is 0 Å². The Bertz CT molecular complexity index is 368. The van der Waals surface area contributed by atoms with Gasteiger partial charge in [-0.05, 0) is 37.7 Å². The fraction of sp³-hybridized carbons (Fsp3) is 0.417. The molecule has 1 aromatic rings. The van der Waals surface area contributed by atoms with Crippen molar-refractivity contribution in [1.82, 2.24) is 5.32 Å². The van der Waals surface area contributed by atoms with Crippen LogP contribution in [0.4, 0.5) is 4.39 Å². The Balaban J connectivity index is 2.49. The molecule has 1 N–H and O–H groups in total. The van der Waals surface area contributed by atoms with Crippen molar-refractivity contribution >= 4 is 21.7 Å². The van der Waals surface area contributed by atoms with Gasteiger partial charge in [-0.25, -0.2) is 4.39 Å². The molecule has 1 aromatic carbocycles.